The number of nitrogens with zero attached hydrogens (tertiary/aromatic N) is 3. The van der Waals surface area contributed by atoms with E-state index in [2.05, 4.69) is 26.3 Å². The molecule has 3 heterocycles. The van der Waals surface area contributed by atoms with Gasteiger partial charge in [0.1, 0.15) is 17.8 Å². The second kappa shape index (κ2) is 6.96. The lowest BCUT2D eigenvalue weighted by molar-refractivity contribution is -0.117. The summed E-state index contributed by atoms with van der Waals surface area (Å²) in [6.07, 6.45) is 6.03. The van der Waals surface area contributed by atoms with Crippen LogP contribution in [0.2, 0.25) is 0 Å². The minimum Gasteiger partial charge on any atom is -0.347 e. The van der Waals surface area contributed by atoms with E-state index in [1.807, 2.05) is 41.6 Å². The van der Waals surface area contributed by atoms with E-state index in [1.165, 1.54) is 11.9 Å². The summed E-state index contributed by atoms with van der Waals surface area (Å²) in [5, 5.41) is 4.07. The summed E-state index contributed by atoms with van der Waals surface area (Å²) < 4.78 is 0. The molecule has 0 bridgehead atoms. The molecule has 3 aromatic rings. The Bertz CT molecular complexity index is 1080. The predicted octanol–water partition coefficient (Wildman–Crippen LogP) is 2.09. The van der Waals surface area contributed by atoms with Gasteiger partial charge in [-0.3, -0.25) is 4.79 Å². The Morgan fingerprint density at radius 1 is 1.29 bits per heavy atom. The fourth-order valence-corrected chi connectivity index (χ4v) is 4.78. The molecule has 0 unspecified atom stereocenters. The van der Waals surface area contributed by atoms with Crippen LogP contribution in [0.4, 0.5) is 5.82 Å². The Morgan fingerprint density at radius 3 is 3.07 bits per heavy atom. The van der Waals surface area contributed by atoms with Gasteiger partial charge in [-0.2, -0.15) is 0 Å². The van der Waals surface area contributed by atoms with Gasteiger partial charge in [0, 0.05) is 24.7 Å². The molecule has 2 aromatic heterocycles. The van der Waals surface area contributed by atoms with Crippen LogP contribution in [-0.4, -0.2) is 39.2 Å². The molecule has 1 aliphatic carbocycles. The number of thioether (sulfide) groups is 1. The van der Waals surface area contributed by atoms with Crippen LogP contribution in [0.5, 0.6) is 0 Å². The van der Waals surface area contributed by atoms with Crippen molar-refractivity contribution in [2.24, 2.45) is 5.73 Å². The SMILES string of the molecule is N[C@H]1c2ccccc2C[C@@H]1NC(=O)C1=CN(c2ncnc3[nH]ccc23)CCS1. The highest BCUT2D eigenvalue weighted by molar-refractivity contribution is 8.04. The number of hydrogen-bond acceptors (Lipinski definition) is 6. The number of carbonyl (C=O) groups excluding carboxylic acids is 1. The molecule has 0 spiro atoms. The molecule has 0 radical (unpaired) electrons. The number of aromatic nitrogens is 3. The predicted molar refractivity (Wildman–Crippen MR) is 111 cm³/mol. The fourth-order valence-electron chi connectivity index (χ4n) is 3.88. The van der Waals surface area contributed by atoms with Gasteiger partial charge in [-0.15, -0.1) is 11.8 Å². The van der Waals surface area contributed by atoms with E-state index in [0.29, 0.717) is 4.91 Å². The number of anilines is 1. The number of carbonyl (C=O) groups is 1. The molecular formula is C20H20N6OS. The van der Waals surface area contributed by atoms with Gasteiger partial charge in [0.25, 0.3) is 5.91 Å². The molecule has 7 nitrogen and oxygen atoms in total. The minimum atomic E-state index is -0.174. The molecule has 8 heteroatoms. The first-order valence-electron chi connectivity index (χ1n) is 9.24. The highest BCUT2D eigenvalue weighted by Crippen LogP contribution is 2.32. The lowest BCUT2D eigenvalue weighted by Crippen LogP contribution is -2.42. The number of nitrogens with two attached hydrogens (primary N) is 1. The van der Waals surface area contributed by atoms with Gasteiger partial charge in [-0.05, 0) is 23.6 Å². The third-order valence-electron chi connectivity index (χ3n) is 5.30. The lowest BCUT2D eigenvalue weighted by Gasteiger charge is -2.26. The zero-order valence-electron chi connectivity index (χ0n) is 15.1. The van der Waals surface area contributed by atoms with Gasteiger partial charge in [0.05, 0.1) is 22.4 Å². The minimum absolute atomic E-state index is 0.0812. The van der Waals surface area contributed by atoms with Crippen LogP contribution >= 0.6 is 11.8 Å². The van der Waals surface area contributed by atoms with Crippen molar-refractivity contribution in [3.8, 4) is 0 Å². The number of nitrogens with one attached hydrogen (secondary N) is 2. The Balaban J connectivity index is 1.36. The lowest BCUT2D eigenvalue weighted by atomic mass is 10.1. The summed E-state index contributed by atoms with van der Waals surface area (Å²) in [6, 6.07) is 9.81. The first-order chi connectivity index (χ1) is 13.7. The average Bonchev–Trinajstić information content (AvgIpc) is 3.33. The summed E-state index contributed by atoms with van der Waals surface area (Å²) in [5.41, 5.74) is 9.49. The van der Waals surface area contributed by atoms with E-state index in [-0.39, 0.29) is 18.0 Å². The van der Waals surface area contributed by atoms with Crippen molar-refractivity contribution in [1.29, 1.82) is 0 Å². The molecule has 0 fully saturated rings. The Morgan fingerprint density at radius 2 is 2.18 bits per heavy atom. The number of benzene rings is 1. The first-order valence-corrected chi connectivity index (χ1v) is 10.2. The van der Waals surface area contributed by atoms with Crippen LogP contribution in [0.1, 0.15) is 17.2 Å². The normalized spacial score (nSPS) is 21.5. The number of aromatic amines is 1. The number of amides is 1. The van der Waals surface area contributed by atoms with E-state index in [1.54, 1.807) is 11.8 Å². The zero-order valence-corrected chi connectivity index (χ0v) is 15.9. The Labute approximate surface area is 166 Å². The van der Waals surface area contributed by atoms with Crippen molar-refractivity contribution in [2.45, 2.75) is 18.5 Å². The zero-order chi connectivity index (χ0) is 19.1. The van der Waals surface area contributed by atoms with Crippen molar-refractivity contribution in [3.63, 3.8) is 0 Å². The van der Waals surface area contributed by atoms with Crippen LogP contribution in [0.3, 0.4) is 0 Å². The first kappa shape index (κ1) is 17.3. The van der Waals surface area contributed by atoms with Crippen molar-refractivity contribution in [1.82, 2.24) is 20.3 Å². The summed E-state index contributed by atoms with van der Waals surface area (Å²) in [5.74, 6) is 1.54. The molecule has 0 saturated heterocycles. The highest BCUT2D eigenvalue weighted by Gasteiger charge is 2.31. The largest absolute Gasteiger partial charge is 0.347 e. The number of H-pyrrole nitrogens is 1. The molecule has 1 amide bonds. The molecular weight excluding hydrogens is 372 g/mol. The highest BCUT2D eigenvalue weighted by atomic mass is 32.2. The van der Waals surface area contributed by atoms with E-state index in [4.69, 9.17) is 5.73 Å². The molecule has 1 aromatic carbocycles. The van der Waals surface area contributed by atoms with Gasteiger partial charge in [-0.1, -0.05) is 24.3 Å². The standard InChI is InChI=1S/C20H20N6OS/c21-17-13-4-2-1-3-12(13)9-15(17)25-20(27)16-10-26(7-8-28-16)19-14-5-6-22-18(14)23-11-24-19/h1-6,10-11,15,17H,7-9,21H2,(H,25,27)(H,22,23,24)/t15-,17-/m0/s1. The van der Waals surface area contributed by atoms with E-state index in [9.17, 15) is 4.79 Å². The molecule has 1 aliphatic heterocycles. The smallest absolute Gasteiger partial charge is 0.259 e. The maximum atomic E-state index is 12.9. The van der Waals surface area contributed by atoms with Crippen molar-refractivity contribution < 1.29 is 4.79 Å². The molecule has 28 heavy (non-hydrogen) atoms. The topological polar surface area (TPSA) is 99.9 Å². The van der Waals surface area contributed by atoms with Gasteiger partial charge >= 0.3 is 0 Å². The van der Waals surface area contributed by atoms with Gasteiger partial charge in [-0.25, -0.2) is 9.97 Å². The number of rotatable bonds is 3. The van der Waals surface area contributed by atoms with Crippen molar-refractivity contribution in [3.05, 3.63) is 65.1 Å². The van der Waals surface area contributed by atoms with Crippen LogP contribution in [-0.2, 0) is 11.2 Å². The molecule has 0 saturated carbocycles. The monoisotopic (exact) mass is 392 g/mol. The van der Waals surface area contributed by atoms with E-state index >= 15 is 0 Å². The van der Waals surface area contributed by atoms with Crippen LogP contribution in [0.25, 0.3) is 11.0 Å². The summed E-state index contributed by atoms with van der Waals surface area (Å²) in [7, 11) is 0. The van der Waals surface area contributed by atoms with E-state index in [0.717, 1.165) is 41.1 Å². The second-order valence-corrected chi connectivity index (χ2v) is 8.12. The van der Waals surface area contributed by atoms with Gasteiger partial charge in [0.2, 0.25) is 0 Å². The summed E-state index contributed by atoms with van der Waals surface area (Å²) in [6.45, 7) is 0.785. The van der Waals surface area contributed by atoms with Crippen molar-refractivity contribution in [2.75, 3.05) is 17.2 Å². The Kier molecular flexibility index (Phi) is 4.29. The molecule has 4 N–H and O–H groups in total. The average molecular weight is 392 g/mol. The van der Waals surface area contributed by atoms with E-state index < -0.39 is 0 Å². The summed E-state index contributed by atoms with van der Waals surface area (Å²) in [4.78, 5) is 27.4. The van der Waals surface area contributed by atoms with Crippen LogP contribution in [0.15, 0.2) is 54.0 Å². The number of hydrogen-bond donors (Lipinski definition) is 3. The van der Waals surface area contributed by atoms with Gasteiger partial charge < -0.3 is 20.9 Å². The van der Waals surface area contributed by atoms with Crippen molar-refractivity contribution >= 4 is 34.5 Å². The maximum Gasteiger partial charge on any atom is 0.259 e. The molecule has 2 atom stereocenters. The molecule has 142 valence electrons. The molecule has 5 rings (SSSR count). The molecule has 2 aliphatic rings. The second-order valence-electron chi connectivity index (χ2n) is 6.98. The number of fused-ring (bicyclic) bond motifs is 2. The maximum absolute atomic E-state index is 12.9. The third-order valence-corrected chi connectivity index (χ3v) is 6.28. The quantitative estimate of drug-likeness (QED) is 0.631. The Hall–Kier alpha value is -2.84. The van der Waals surface area contributed by atoms with Crippen LogP contribution in [0, 0.1) is 0 Å². The fraction of sp³-hybridized carbons (Fsp3) is 0.250. The third kappa shape index (κ3) is 2.94. The van der Waals surface area contributed by atoms with Crippen LogP contribution < -0.4 is 16.0 Å². The summed E-state index contributed by atoms with van der Waals surface area (Å²) >= 11 is 1.56. The van der Waals surface area contributed by atoms with Gasteiger partial charge in [0.15, 0.2) is 0 Å².